The van der Waals surface area contributed by atoms with Crippen LogP contribution in [0.1, 0.15) is 17.5 Å². The number of hydrogen-bond acceptors (Lipinski definition) is 1. The molecular formula is C20H16N2O. The van der Waals surface area contributed by atoms with Crippen molar-refractivity contribution in [1.82, 2.24) is 9.97 Å². The van der Waals surface area contributed by atoms with E-state index >= 15 is 0 Å². The minimum absolute atomic E-state index is 0.167. The van der Waals surface area contributed by atoms with Gasteiger partial charge in [0.1, 0.15) is 0 Å². The van der Waals surface area contributed by atoms with E-state index in [4.69, 9.17) is 0 Å². The van der Waals surface area contributed by atoms with Gasteiger partial charge in [0.2, 0.25) is 0 Å². The lowest BCUT2D eigenvalue weighted by Crippen LogP contribution is -2.12. The van der Waals surface area contributed by atoms with Crippen LogP contribution < -0.4 is 5.43 Å². The maximum atomic E-state index is 12.9. The van der Waals surface area contributed by atoms with Crippen molar-refractivity contribution in [2.75, 3.05) is 0 Å². The molecule has 0 bridgehead atoms. The fraction of sp³-hybridized carbons (Fsp3) is 0.150. The number of rotatable bonds is 0. The Hall–Kier alpha value is -2.81. The summed E-state index contributed by atoms with van der Waals surface area (Å²) in [5.41, 5.74) is 6.50. The summed E-state index contributed by atoms with van der Waals surface area (Å²) in [7, 11) is 0. The molecule has 2 N–H and O–H groups in total. The second kappa shape index (κ2) is 4.59. The lowest BCUT2D eigenvalue weighted by molar-refractivity contribution is 0.834. The van der Waals surface area contributed by atoms with E-state index in [1.807, 2.05) is 30.3 Å². The molecule has 2 aromatic heterocycles. The Morgan fingerprint density at radius 1 is 0.696 bits per heavy atom. The van der Waals surface area contributed by atoms with Gasteiger partial charge >= 0.3 is 0 Å². The summed E-state index contributed by atoms with van der Waals surface area (Å²) in [6.45, 7) is 0. The maximum absolute atomic E-state index is 12.9. The number of H-pyrrole nitrogens is 2. The Balaban J connectivity index is 1.93. The normalized spacial score (nSPS) is 13.7. The first kappa shape index (κ1) is 12.7. The minimum atomic E-state index is 0.167. The highest BCUT2D eigenvalue weighted by Gasteiger charge is 2.22. The fourth-order valence-electron chi connectivity index (χ4n) is 3.84. The van der Waals surface area contributed by atoms with E-state index < -0.39 is 0 Å². The third-order valence-electron chi connectivity index (χ3n) is 4.92. The predicted octanol–water partition coefficient (Wildman–Crippen LogP) is 4.17. The van der Waals surface area contributed by atoms with E-state index in [0.29, 0.717) is 0 Å². The van der Waals surface area contributed by atoms with Crippen molar-refractivity contribution in [2.24, 2.45) is 0 Å². The van der Waals surface area contributed by atoms with E-state index in [2.05, 4.69) is 28.2 Å². The molecule has 0 spiro atoms. The monoisotopic (exact) mass is 300 g/mol. The summed E-state index contributed by atoms with van der Waals surface area (Å²) >= 11 is 0. The number of nitrogens with one attached hydrogen (secondary N) is 2. The molecule has 3 nitrogen and oxygen atoms in total. The largest absolute Gasteiger partial charge is 0.353 e. The van der Waals surface area contributed by atoms with Crippen LogP contribution in [0.5, 0.6) is 0 Å². The van der Waals surface area contributed by atoms with Crippen molar-refractivity contribution < 1.29 is 0 Å². The molecule has 0 aliphatic heterocycles. The molecule has 4 aromatic rings. The van der Waals surface area contributed by atoms with E-state index in [1.54, 1.807) is 0 Å². The Bertz CT molecular complexity index is 1120. The molecule has 0 fully saturated rings. The summed E-state index contributed by atoms with van der Waals surface area (Å²) < 4.78 is 0. The second-order valence-corrected chi connectivity index (χ2v) is 6.23. The van der Waals surface area contributed by atoms with Crippen molar-refractivity contribution in [3.8, 4) is 11.4 Å². The van der Waals surface area contributed by atoms with Crippen molar-refractivity contribution in [3.05, 3.63) is 69.9 Å². The topological polar surface area (TPSA) is 48.6 Å². The van der Waals surface area contributed by atoms with E-state index in [9.17, 15) is 4.79 Å². The Kier molecular flexibility index (Phi) is 2.54. The van der Waals surface area contributed by atoms with Crippen LogP contribution in [-0.4, -0.2) is 9.97 Å². The van der Waals surface area contributed by atoms with Crippen LogP contribution in [0.3, 0.4) is 0 Å². The molecule has 0 unspecified atom stereocenters. The molecule has 0 radical (unpaired) electrons. The van der Waals surface area contributed by atoms with Crippen LogP contribution in [0.25, 0.3) is 33.2 Å². The third-order valence-corrected chi connectivity index (χ3v) is 4.92. The summed E-state index contributed by atoms with van der Waals surface area (Å²) in [5.74, 6) is 0. The number of aryl methyl sites for hydroxylation is 1. The van der Waals surface area contributed by atoms with Gasteiger partial charge in [-0.25, -0.2) is 0 Å². The van der Waals surface area contributed by atoms with Crippen LogP contribution in [-0.2, 0) is 12.8 Å². The molecule has 5 rings (SSSR count). The first-order valence-corrected chi connectivity index (χ1v) is 8.07. The van der Waals surface area contributed by atoms with Gasteiger partial charge < -0.3 is 9.97 Å². The van der Waals surface area contributed by atoms with Gasteiger partial charge in [-0.05, 0) is 43.0 Å². The summed E-state index contributed by atoms with van der Waals surface area (Å²) in [6, 6.07) is 16.2. The quantitative estimate of drug-likeness (QED) is 0.503. The van der Waals surface area contributed by atoms with Gasteiger partial charge in [-0.2, -0.15) is 0 Å². The molecule has 0 saturated carbocycles. The Morgan fingerprint density at radius 3 is 2.04 bits per heavy atom. The molecule has 0 amide bonds. The Labute approximate surface area is 133 Å². The molecule has 0 atom stereocenters. The number of aromatic amines is 2. The van der Waals surface area contributed by atoms with Crippen molar-refractivity contribution in [2.45, 2.75) is 19.3 Å². The maximum Gasteiger partial charge on any atom is 0.193 e. The van der Waals surface area contributed by atoms with Gasteiger partial charge in [0.15, 0.2) is 5.43 Å². The first-order chi connectivity index (χ1) is 11.3. The van der Waals surface area contributed by atoms with Gasteiger partial charge in [0.25, 0.3) is 0 Å². The zero-order valence-electron chi connectivity index (χ0n) is 12.6. The van der Waals surface area contributed by atoms with Crippen molar-refractivity contribution in [1.29, 1.82) is 0 Å². The molecule has 2 heterocycles. The lowest BCUT2D eigenvalue weighted by Gasteiger charge is -2.08. The number of hydrogen-bond donors (Lipinski definition) is 2. The molecule has 112 valence electrons. The number of para-hydroxylation sites is 2. The van der Waals surface area contributed by atoms with E-state index in [1.165, 1.54) is 10.9 Å². The summed E-state index contributed by atoms with van der Waals surface area (Å²) in [5, 5.41) is 2.05. The molecule has 2 aromatic carbocycles. The van der Waals surface area contributed by atoms with Crippen LogP contribution in [0.15, 0.2) is 53.3 Å². The van der Waals surface area contributed by atoms with E-state index in [0.717, 1.165) is 52.6 Å². The SMILES string of the molecule is O=c1c2c([nH]c3ccccc13)-c1[nH]c3ccccc3c1CCC2. The predicted molar refractivity (Wildman–Crippen MR) is 93.9 cm³/mol. The van der Waals surface area contributed by atoms with Gasteiger partial charge in [-0.1, -0.05) is 30.3 Å². The average Bonchev–Trinajstić information content (AvgIpc) is 2.86. The van der Waals surface area contributed by atoms with Crippen LogP contribution in [0, 0.1) is 0 Å². The summed E-state index contributed by atoms with van der Waals surface area (Å²) in [4.78, 5) is 20.0. The van der Waals surface area contributed by atoms with Crippen molar-refractivity contribution in [3.63, 3.8) is 0 Å². The zero-order chi connectivity index (χ0) is 15.4. The number of benzene rings is 2. The first-order valence-electron chi connectivity index (χ1n) is 8.07. The van der Waals surface area contributed by atoms with Gasteiger partial charge in [0.05, 0.1) is 11.4 Å². The third kappa shape index (κ3) is 1.73. The van der Waals surface area contributed by atoms with E-state index in [-0.39, 0.29) is 5.43 Å². The van der Waals surface area contributed by atoms with Crippen LogP contribution in [0.2, 0.25) is 0 Å². The smallest absolute Gasteiger partial charge is 0.193 e. The molecular weight excluding hydrogens is 284 g/mol. The van der Waals surface area contributed by atoms with Gasteiger partial charge in [-0.3, -0.25) is 4.79 Å². The highest BCUT2D eigenvalue weighted by molar-refractivity contribution is 5.92. The molecule has 23 heavy (non-hydrogen) atoms. The number of aromatic nitrogens is 2. The molecule has 1 aliphatic rings. The number of pyridine rings is 1. The molecule has 0 saturated heterocycles. The van der Waals surface area contributed by atoms with Crippen molar-refractivity contribution >= 4 is 21.8 Å². The van der Waals surface area contributed by atoms with Crippen LogP contribution in [0.4, 0.5) is 0 Å². The fourth-order valence-corrected chi connectivity index (χ4v) is 3.84. The van der Waals surface area contributed by atoms with Gasteiger partial charge in [0, 0.05) is 27.4 Å². The standard InChI is InChI=1S/C20H16N2O/c23-20-14-7-2-4-11-17(14)22-19-15(20)9-5-8-13-12-6-1-3-10-16(12)21-18(13)19/h1-4,6-7,10-11,21H,5,8-9H2,(H,22,23). The zero-order valence-corrected chi connectivity index (χ0v) is 12.6. The van der Waals surface area contributed by atoms with Crippen LogP contribution >= 0.6 is 0 Å². The highest BCUT2D eigenvalue weighted by Crippen LogP contribution is 2.35. The number of fused-ring (bicyclic) bond motifs is 6. The lowest BCUT2D eigenvalue weighted by atomic mass is 10.0. The highest BCUT2D eigenvalue weighted by atomic mass is 16.1. The second-order valence-electron chi connectivity index (χ2n) is 6.23. The molecule has 1 aliphatic carbocycles. The average molecular weight is 300 g/mol. The minimum Gasteiger partial charge on any atom is -0.353 e. The van der Waals surface area contributed by atoms with Gasteiger partial charge in [-0.15, -0.1) is 0 Å². The molecule has 3 heteroatoms. The Morgan fingerprint density at radius 2 is 1.26 bits per heavy atom. The summed E-state index contributed by atoms with van der Waals surface area (Å²) in [6.07, 6.45) is 2.83.